The molecule has 0 aliphatic rings. The number of aliphatic imine (C=N–C) groups is 1. The van der Waals surface area contributed by atoms with Crippen LogP contribution < -0.4 is 20.1 Å². The van der Waals surface area contributed by atoms with Gasteiger partial charge in [-0.3, -0.25) is 4.99 Å². The average Bonchev–Trinajstić information content (AvgIpc) is 3.02. The summed E-state index contributed by atoms with van der Waals surface area (Å²) in [5, 5.41) is 7.12. The second-order valence-corrected chi connectivity index (χ2v) is 7.11. The lowest BCUT2D eigenvalue weighted by Gasteiger charge is -2.15. The topological polar surface area (TPSA) is 54.9 Å². The molecular weight excluding hydrogens is 485 g/mol. The monoisotopic (exact) mass is 509 g/mol. The smallest absolute Gasteiger partial charge is 0.191 e. The predicted octanol–water partition coefficient (Wildman–Crippen LogP) is 4.60. The van der Waals surface area contributed by atoms with Gasteiger partial charge in [0.25, 0.3) is 0 Å². The number of hydrogen-bond acceptors (Lipinski definition) is 4. The van der Waals surface area contributed by atoms with Gasteiger partial charge in [0.05, 0.1) is 25.3 Å². The summed E-state index contributed by atoms with van der Waals surface area (Å²) in [5.74, 6) is 1.93. The normalized spacial score (nSPS) is 10.9. The van der Waals surface area contributed by atoms with E-state index in [9.17, 15) is 0 Å². The Morgan fingerprint density at radius 2 is 1.96 bits per heavy atom. The number of thiophene rings is 1. The highest BCUT2D eigenvalue weighted by atomic mass is 127. The molecular formula is C18H25ClIN3O2S. The molecule has 1 heterocycles. The number of guanidine groups is 1. The second-order valence-electron chi connectivity index (χ2n) is 5.33. The highest BCUT2D eigenvalue weighted by Gasteiger charge is 2.12. The van der Waals surface area contributed by atoms with E-state index in [4.69, 9.17) is 21.1 Å². The third kappa shape index (κ3) is 6.51. The Bertz CT molecular complexity index is 737. The minimum absolute atomic E-state index is 0. The Morgan fingerprint density at radius 1 is 1.23 bits per heavy atom. The van der Waals surface area contributed by atoms with Crippen molar-refractivity contribution in [1.29, 1.82) is 0 Å². The molecule has 0 atom stereocenters. The zero-order chi connectivity index (χ0) is 18.2. The number of rotatable bonds is 7. The van der Waals surface area contributed by atoms with Crippen LogP contribution in [0.15, 0.2) is 29.3 Å². The number of benzene rings is 1. The molecule has 2 aromatic rings. The van der Waals surface area contributed by atoms with Crippen LogP contribution in [-0.4, -0.2) is 26.7 Å². The molecule has 5 nitrogen and oxygen atoms in total. The van der Waals surface area contributed by atoms with Crippen LogP contribution in [0.25, 0.3) is 0 Å². The van der Waals surface area contributed by atoms with Gasteiger partial charge in [0.15, 0.2) is 17.5 Å². The molecule has 1 aromatic heterocycles. The van der Waals surface area contributed by atoms with Crippen molar-refractivity contribution < 1.29 is 9.47 Å². The van der Waals surface area contributed by atoms with Crippen molar-refractivity contribution in [1.82, 2.24) is 10.6 Å². The molecule has 26 heavy (non-hydrogen) atoms. The molecule has 0 aliphatic heterocycles. The molecule has 0 saturated heterocycles. The Balaban J connectivity index is 0.00000338. The first kappa shape index (κ1) is 22.9. The van der Waals surface area contributed by atoms with Crippen molar-refractivity contribution in [2.45, 2.75) is 26.9 Å². The van der Waals surface area contributed by atoms with Crippen LogP contribution >= 0.6 is 46.9 Å². The molecule has 8 heteroatoms. The van der Waals surface area contributed by atoms with Gasteiger partial charge in [0, 0.05) is 23.3 Å². The molecule has 2 N–H and O–H groups in total. The largest absolute Gasteiger partial charge is 0.493 e. The summed E-state index contributed by atoms with van der Waals surface area (Å²) in [6.07, 6.45) is 0. The lowest BCUT2D eigenvalue weighted by molar-refractivity contribution is 0.311. The standard InChI is InChI=1S/C18H24ClN3O2S.HI/c1-5-24-17-15(19)8-13(9-16(17)23-4)10-21-18(20-3)22-11-14-7-6-12(2)25-14;/h6-9H,5,10-11H2,1-4H3,(H2,20,21,22);1H. The minimum Gasteiger partial charge on any atom is -0.493 e. The van der Waals surface area contributed by atoms with Crippen LogP contribution in [0, 0.1) is 6.92 Å². The van der Waals surface area contributed by atoms with E-state index >= 15 is 0 Å². The lowest BCUT2D eigenvalue weighted by atomic mass is 10.2. The van der Waals surface area contributed by atoms with Gasteiger partial charge in [-0.1, -0.05) is 11.6 Å². The zero-order valence-corrected chi connectivity index (χ0v) is 19.3. The van der Waals surface area contributed by atoms with Crippen molar-refractivity contribution in [3.63, 3.8) is 0 Å². The molecule has 0 fully saturated rings. The van der Waals surface area contributed by atoms with Crippen molar-refractivity contribution in [3.05, 3.63) is 44.6 Å². The first-order valence-electron chi connectivity index (χ1n) is 8.06. The second kappa shape index (κ2) is 11.5. The summed E-state index contributed by atoms with van der Waals surface area (Å²) >= 11 is 8.08. The minimum atomic E-state index is 0. The van der Waals surface area contributed by atoms with E-state index in [0.29, 0.717) is 29.7 Å². The van der Waals surface area contributed by atoms with E-state index in [0.717, 1.165) is 18.1 Å². The van der Waals surface area contributed by atoms with Crippen LogP contribution in [0.1, 0.15) is 22.2 Å². The predicted molar refractivity (Wildman–Crippen MR) is 121 cm³/mol. The van der Waals surface area contributed by atoms with Crippen LogP contribution in [0.3, 0.4) is 0 Å². The van der Waals surface area contributed by atoms with Crippen LogP contribution in [0.2, 0.25) is 5.02 Å². The molecule has 0 amide bonds. The third-order valence-electron chi connectivity index (χ3n) is 3.49. The Morgan fingerprint density at radius 3 is 2.54 bits per heavy atom. The van der Waals surface area contributed by atoms with E-state index in [1.54, 1.807) is 25.5 Å². The summed E-state index contributed by atoms with van der Waals surface area (Å²) in [7, 11) is 3.36. The van der Waals surface area contributed by atoms with Gasteiger partial charge in [-0.2, -0.15) is 0 Å². The van der Waals surface area contributed by atoms with Crippen molar-refractivity contribution in [2.24, 2.45) is 4.99 Å². The Kier molecular flexibility index (Phi) is 10.1. The number of ether oxygens (including phenoxy) is 2. The molecule has 2 rings (SSSR count). The van der Waals surface area contributed by atoms with Gasteiger partial charge in [-0.15, -0.1) is 35.3 Å². The zero-order valence-electron chi connectivity index (χ0n) is 15.4. The van der Waals surface area contributed by atoms with E-state index in [-0.39, 0.29) is 24.0 Å². The molecule has 0 unspecified atom stereocenters. The highest BCUT2D eigenvalue weighted by Crippen LogP contribution is 2.36. The Labute approximate surface area is 181 Å². The maximum atomic E-state index is 6.31. The maximum Gasteiger partial charge on any atom is 0.191 e. The first-order valence-corrected chi connectivity index (χ1v) is 9.25. The van der Waals surface area contributed by atoms with Gasteiger partial charge < -0.3 is 20.1 Å². The Hall–Kier alpha value is -1.19. The molecule has 0 radical (unpaired) electrons. The van der Waals surface area contributed by atoms with Crippen molar-refractivity contribution in [3.8, 4) is 11.5 Å². The van der Waals surface area contributed by atoms with Crippen LogP contribution in [0.5, 0.6) is 11.5 Å². The number of methoxy groups -OCH3 is 1. The summed E-state index contributed by atoms with van der Waals surface area (Å²) in [5.41, 5.74) is 0.986. The fraction of sp³-hybridized carbons (Fsp3) is 0.389. The SMILES string of the molecule is CCOc1c(Cl)cc(CNC(=NC)NCc2ccc(C)s2)cc1OC.I. The van der Waals surface area contributed by atoms with Gasteiger partial charge in [-0.05, 0) is 43.7 Å². The summed E-state index contributed by atoms with van der Waals surface area (Å²) in [6.45, 7) is 5.86. The number of hydrogen-bond donors (Lipinski definition) is 2. The number of aryl methyl sites for hydroxylation is 1. The summed E-state index contributed by atoms with van der Waals surface area (Å²) < 4.78 is 10.9. The van der Waals surface area contributed by atoms with Gasteiger partial charge in [-0.25, -0.2) is 0 Å². The van der Waals surface area contributed by atoms with Gasteiger partial charge in [0.1, 0.15) is 0 Å². The van der Waals surface area contributed by atoms with Crippen LogP contribution in [0.4, 0.5) is 0 Å². The van der Waals surface area contributed by atoms with Gasteiger partial charge in [0.2, 0.25) is 0 Å². The maximum absolute atomic E-state index is 6.31. The number of nitrogens with zero attached hydrogens (tertiary/aromatic N) is 1. The van der Waals surface area contributed by atoms with Crippen LogP contribution in [-0.2, 0) is 13.1 Å². The van der Waals surface area contributed by atoms with E-state index in [1.807, 2.05) is 19.1 Å². The van der Waals surface area contributed by atoms with Crippen molar-refractivity contribution >= 4 is 52.9 Å². The molecule has 0 spiro atoms. The van der Waals surface area contributed by atoms with Crippen molar-refractivity contribution in [2.75, 3.05) is 20.8 Å². The van der Waals surface area contributed by atoms with E-state index in [2.05, 4.69) is 34.7 Å². The third-order valence-corrected chi connectivity index (χ3v) is 4.77. The molecule has 1 aromatic carbocycles. The lowest BCUT2D eigenvalue weighted by Crippen LogP contribution is -2.36. The molecule has 0 bridgehead atoms. The quantitative estimate of drug-likeness (QED) is 0.325. The summed E-state index contributed by atoms with van der Waals surface area (Å²) in [4.78, 5) is 6.82. The number of nitrogens with one attached hydrogen (secondary N) is 2. The van der Waals surface area contributed by atoms with E-state index < -0.39 is 0 Å². The first-order chi connectivity index (χ1) is 12.1. The van der Waals surface area contributed by atoms with Gasteiger partial charge >= 0.3 is 0 Å². The fourth-order valence-corrected chi connectivity index (χ4v) is 3.43. The highest BCUT2D eigenvalue weighted by molar-refractivity contribution is 14.0. The fourth-order valence-electron chi connectivity index (χ4n) is 2.32. The average molecular weight is 510 g/mol. The molecule has 144 valence electrons. The molecule has 0 saturated carbocycles. The number of halogens is 2. The van der Waals surface area contributed by atoms with E-state index in [1.165, 1.54) is 9.75 Å². The summed E-state index contributed by atoms with van der Waals surface area (Å²) in [6, 6.07) is 8.03. The molecule has 0 aliphatic carbocycles.